The minimum absolute atomic E-state index is 0.229. The fraction of sp³-hybridized carbons (Fsp3) is 0.133. The molecule has 0 unspecified atom stereocenters. The summed E-state index contributed by atoms with van der Waals surface area (Å²) in [6.07, 6.45) is 0. The average Bonchev–Trinajstić information content (AvgIpc) is 2.96. The summed E-state index contributed by atoms with van der Waals surface area (Å²) in [6, 6.07) is 14.3. The summed E-state index contributed by atoms with van der Waals surface area (Å²) < 4.78 is 12.8. The van der Waals surface area contributed by atoms with E-state index in [0.717, 1.165) is 11.3 Å². The fourth-order valence-electron chi connectivity index (χ4n) is 1.78. The SMILES string of the molecule is Cc1ccc(-n2nnc(SCc3ccc(F)cc3)n2)cc1. The molecule has 4 nitrogen and oxygen atoms in total. The summed E-state index contributed by atoms with van der Waals surface area (Å²) in [5.41, 5.74) is 3.08. The predicted octanol–water partition coefficient (Wildman–Crippen LogP) is 3.40. The zero-order valence-corrected chi connectivity index (χ0v) is 12.2. The Hall–Kier alpha value is -2.21. The molecule has 0 atom stereocenters. The first-order valence-electron chi connectivity index (χ1n) is 6.45. The van der Waals surface area contributed by atoms with E-state index in [1.54, 1.807) is 12.1 Å². The minimum atomic E-state index is -0.229. The molecule has 0 N–H and O–H groups in total. The van der Waals surface area contributed by atoms with E-state index in [4.69, 9.17) is 0 Å². The fourth-order valence-corrected chi connectivity index (χ4v) is 2.49. The van der Waals surface area contributed by atoms with E-state index in [0.29, 0.717) is 10.9 Å². The normalized spacial score (nSPS) is 10.8. The lowest BCUT2D eigenvalue weighted by atomic mass is 10.2. The van der Waals surface area contributed by atoms with Gasteiger partial charge in [0.05, 0.1) is 5.69 Å². The number of halogens is 1. The number of tetrazole rings is 1. The molecule has 0 amide bonds. The van der Waals surface area contributed by atoms with Gasteiger partial charge in [-0.05, 0) is 42.0 Å². The lowest BCUT2D eigenvalue weighted by Crippen LogP contribution is -1.98. The first-order chi connectivity index (χ1) is 10.2. The van der Waals surface area contributed by atoms with Crippen molar-refractivity contribution in [3.8, 4) is 5.69 Å². The number of aromatic nitrogens is 4. The Morgan fingerprint density at radius 2 is 1.76 bits per heavy atom. The molecule has 0 saturated heterocycles. The molecule has 106 valence electrons. The standard InChI is InChI=1S/C15H13FN4S/c1-11-2-8-14(9-3-11)20-18-15(17-19-20)21-10-12-4-6-13(16)7-5-12/h2-9H,10H2,1H3. The van der Waals surface area contributed by atoms with Crippen molar-refractivity contribution in [3.63, 3.8) is 0 Å². The van der Waals surface area contributed by atoms with E-state index < -0.39 is 0 Å². The monoisotopic (exact) mass is 300 g/mol. The Bertz CT molecular complexity index is 722. The molecule has 0 aliphatic rings. The van der Waals surface area contributed by atoms with Crippen molar-refractivity contribution >= 4 is 11.8 Å². The van der Waals surface area contributed by atoms with Gasteiger partial charge in [0.15, 0.2) is 0 Å². The van der Waals surface area contributed by atoms with Crippen LogP contribution in [-0.2, 0) is 5.75 Å². The van der Waals surface area contributed by atoms with Gasteiger partial charge in [0.1, 0.15) is 5.82 Å². The molecule has 21 heavy (non-hydrogen) atoms. The van der Waals surface area contributed by atoms with Crippen LogP contribution >= 0.6 is 11.8 Å². The first-order valence-corrected chi connectivity index (χ1v) is 7.43. The number of hydrogen-bond acceptors (Lipinski definition) is 4. The van der Waals surface area contributed by atoms with E-state index in [1.165, 1.54) is 34.3 Å². The molecular formula is C15H13FN4S. The Morgan fingerprint density at radius 3 is 2.48 bits per heavy atom. The lowest BCUT2D eigenvalue weighted by molar-refractivity contribution is 0.627. The number of nitrogens with zero attached hydrogens (tertiary/aromatic N) is 4. The molecule has 6 heteroatoms. The van der Waals surface area contributed by atoms with Crippen LogP contribution in [0.1, 0.15) is 11.1 Å². The van der Waals surface area contributed by atoms with Gasteiger partial charge in [-0.15, -0.1) is 15.0 Å². The molecule has 0 aliphatic heterocycles. The summed E-state index contributed by atoms with van der Waals surface area (Å²) >= 11 is 1.47. The van der Waals surface area contributed by atoms with Gasteiger partial charge in [0.2, 0.25) is 5.16 Å². The Morgan fingerprint density at radius 1 is 1.05 bits per heavy atom. The van der Waals surface area contributed by atoms with Gasteiger partial charge in [0, 0.05) is 5.75 Å². The highest BCUT2D eigenvalue weighted by Gasteiger charge is 2.06. The smallest absolute Gasteiger partial charge is 0.207 e. The van der Waals surface area contributed by atoms with Gasteiger partial charge >= 0.3 is 0 Å². The molecule has 2 aromatic carbocycles. The molecule has 0 bridgehead atoms. The maximum absolute atomic E-state index is 12.8. The van der Waals surface area contributed by atoms with Crippen molar-refractivity contribution < 1.29 is 4.39 Å². The molecule has 1 aromatic heterocycles. The number of hydrogen-bond donors (Lipinski definition) is 0. The van der Waals surface area contributed by atoms with Crippen molar-refractivity contribution in [1.82, 2.24) is 20.2 Å². The minimum Gasteiger partial charge on any atom is -0.207 e. The van der Waals surface area contributed by atoms with Crippen LogP contribution in [-0.4, -0.2) is 20.2 Å². The van der Waals surface area contributed by atoms with Crippen LogP contribution in [0.15, 0.2) is 53.7 Å². The van der Waals surface area contributed by atoms with Gasteiger partial charge < -0.3 is 0 Å². The van der Waals surface area contributed by atoms with Crippen molar-refractivity contribution in [2.24, 2.45) is 0 Å². The number of rotatable bonds is 4. The van der Waals surface area contributed by atoms with E-state index in [2.05, 4.69) is 15.4 Å². The van der Waals surface area contributed by atoms with E-state index in [9.17, 15) is 4.39 Å². The summed E-state index contributed by atoms with van der Waals surface area (Å²) in [6.45, 7) is 2.03. The third-order valence-corrected chi connectivity index (χ3v) is 3.84. The van der Waals surface area contributed by atoms with Crippen molar-refractivity contribution in [2.75, 3.05) is 0 Å². The lowest BCUT2D eigenvalue weighted by Gasteiger charge is -1.99. The van der Waals surface area contributed by atoms with Crippen molar-refractivity contribution in [2.45, 2.75) is 17.8 Å². The van der Waals surface area contributed by atoms with Gasteiger partial charge in [-0.1, -0.05) is 41.6 Å². The zero-order chi connectivity index (χ0) is 14.7. The molecule has 0 radical (unpaired) electrons. The van der Waals surface area contributed by atoms with Crippen LogP contribution in [0, 0.1) is 12.7 Å². The van der Waals surface area contributed by atoms with Crippen LogP contribution in [0.3, 0.4) is 0 Å². The van der Waals surface area contributed by atoms with Crippen LogP contribution in [0.25, 0.3) is 5.69 Å². The topological polar surface area (TPSA) is 43.6 Å². The number of aryl methyl sites for hydroxylation is 1. The zero-order valence-electron chi connectivity index (χ0n) is 11.4. The predicted molar refractivity (Wildman–Crippen MR) is 79.9 cm³/mol. The second-order valence-corrected chi connectivity index (χ2v) is 5.55. The van der Waals surface area contributed by atoms with Crippen LogP contribution in [0.4, 0.5) is 4.39 Å². The molecule has 3 rings (SSSR count). The second kappa shape index (κ2) is 6.05. The maximum atomic E-state index is 12.8. The Labute approximate surface area is 126 Å². The Balaban J connectivity index is 1.67. The van der Waals surface area contributed by atoms with Gasteiger partial charge in [0.25, 0.3) is 0 Å². The molecule has 0 aliphatic carbocycles. The van der Waals surface area contributed by atoms with E-state index in [1.807, 2.05) is 31.2 Å². The van der Waals surface area contributed by atoms with Crippen LogP contribution in [0.2, 0.25) is 0 Å². The molecule has 0 saturated carbocycles. The van der Waals surface area contributed by atoms with Crippen molar-refractivity contribution in [1.29, 1.82) is 0 Å². The van der Waals surface area contributed by atoms with Crippen LogP contribution < -0.4 is 0 Å². The highest BCUT2D eigenvalue weighted by Crippen LogP contribution is 2.19. The third-order valence-electron chi connectivity index (χ3n) is 2.94. The van der Waals surface area contributed by atoms with Crippen molar-refractivity contribution in [3.05, 3.63) is 65.5 Å². The van der Waals surface area contributed by atoms with E-state index >= 15 is 0 Å². The summed E-state index contributed by atoms with van der Waals surface area (Å²) in [4.78, 5) is 1.51. The quantitative estimate of drug-likeness (QED) is 0.693. The van der Waals surface area contributed by atoms with Crippen LogP contribution in [0.5, 0.6) is 0 Å². The van der Waals surface area contributed by atoms with E-state index in [-0.39, 0.29) is 5.82 Å². The summed E-state index contributed by atoms with van der Waals surface area (Å²) in [5, 5.41) is 13.0. The summed E-state index contributed by atoms with van der Waals surface area (Å²) in [7, 11) is 0. The molecule has 0 fully saturated rings. The molecular weight excluding hydrogens is 287 g/mol. The third kappa shape index (κ3) is 3.46. The van der Waals surface area contributed by atoms with Gasteiger partial charge in [-0.2, -0.15) is 0 Å². The molecule has 0 spiro atoms. The largest absolute Gasteiger partial charge is 0.231 e. The van der Waals surface area contributed by atoms with Gasteiger partial charge in [-0.25, -0.2) is 4.39 Å². The number of benzene rings is 2. The second-order valence-electron chi connectivity index (χ2n) is 4.61. The first kappa shape index (κ1) is 13.8. The number of thioether (sulfide) groups is 1. The van der Waals surface area contributed by atoms with Gasteiger partial charge in [-0.3, -0.25) is 0 Å². The summed E-state index contributed by atoms with van der Waals surface area (Å²) in [5.74, 6) is 0.451. The highest BCUT2D eigenvalue weighted by atomic mass is 32.2. The highest BCUT2D eigenvalue weighted by molar-refractivity contribution is 7.98. The molecule has 3 aromatic rings. The maximum Gasteiger partial charge on any atom is 0.231 e. The Kier molecular flexibility index (Phi) is 3.96. The molecule has 1 heterocycles. The average molecular weight is 300 g/mol.